The molecule has 0 amide bonds. The second-order valence-electron chi connectivity index (χ2n) is 5.57. The van der Waals surface area contributed by atoms with Crippen LogP contribution in [0, 0.1) is 5.92 Å². The van der Waals surface area contributed by atoms with E-state index in [1.165, 1.54) is 36.0 Å². The predicted molar refractivity (Wildman–Crippen MR) is 70.7 cm³/mol. The molecule has 3 rings (SSSR count). The number of carbonyl (C=O) groups is 1. The summed E-state index contributed by atoms with van der Waals surface area (Å²) in [6.45, 7) is 2.75. The molecule has 1 aliphatic carbocycles. The van der Waals surface area contributed by atoms with Gasteiger partial charge in [-0.3, -0.25) is 4.79 Å². The Labute approximate surface area is 108 Å². The number of ketones is 1. The van der Waals surface area contributed by atoms with Gasteiger partial charge in [0.15, 0.2) is 0 Å². The third-order valence-corrected chi connectivity index (χ3v) is 4.33. The molecule has 0 aromatic heterocycles. The second kappa shape index (κ2) is 4.85. The van der Waals surface area contributed by atoms with Crippen molar-refractivity contribution >= 4 is 5.78 Å². The van der Waals surface area contributed by atoms with Crippen molar-refractivity contribution in [2.75, 3.05) is 6.61 Å². The number of rotatable bonds is 3. The lowest BCUT2D eigenvalue weighted by molar-refractivity contribution is -0.123. The molecule has 1 heterocycles. The minimum Gasteiger partial charge on any atom is -0.378 e. The van der Waals surface area contributed by atoms with Gasteiger partial charge < -0.3 is 4.74 Å². The Morgan fingerprint density at radius 2 is 2.17 bits per heavy atom. The summed E-state index contributed by atoms with van der Waals surface area (Å²) in [5, 5.41) is 0. The lowest BCUT2D eigenvalue weighted by atomic mass is 9.92. The maximum atomic E-state index is 12.2. The summed E-state index contributed by atoms with van der Waals surface area (Å²) in [5.41, 5.74) is 4.11. The molecule has 2 atom stereocenters. The first kappa shape index (κ1) is 11.9. The molecule has 0 bridgehead atoms. The number of fused-ring (bicyclic) bond motifs is 1. The molecule has 1 aliphatic heterocycles. The van der Waals surface area contributed by atoms with Crippen LogP contribution in [0.5, 0.6) is 0 Å². The summed E-state index contributed by atoms with van der Waals surface area (Å²) in [6, 6.07) is 6.57. The minimum absolute atomic E-state index is 0.104. The number of hydrogen-bond donors (Lipinski definition) is 0. The molecule has 2 unspecified atom stereocenters. The molecule has 0 saturated carbocycles. The molecule has 2 aliphatic rings. The van der Waals surface area contributed by atoms with Crippen molar-refractivity contribution in [1.29, 1.82) is 0 Å². The van der Waals surface area contributed by atoms with Crippen LogP contribution in [0.1, 0.15) is 36.5 Å². The molecule has 2 nitrogen and oxygen atoms in total. The van der Waals surface area contributed by atoms with Crippen LogP contribution < -0.4 is 0 Å². The van der Waals surface area contributed by atoms with E-state index in [0.29, 0.717) is 12.2 Å². The van der Waals surface area contributed by atoms with E-state index in [1.807, 2.05) is 6.92 Å². The van der Waals surface area contributed by atoms with Crippen molar-refractivity contribution in [2.24, 2.45) is 5.92 Å². The number of Topliss-reactive ketones (excluding diaryl/α,β-unsaturated/α-hetero) is 1. The van der Waals surface area contributed by atoms with Gasteiger partial charge in [-0.15, -0.1) is 0 Å². The fourth-order valence-corrected chi connectivity index (χ4v) is 3.22. The van der Waals surface area contributed by atoms with Gasteiger partial charge in [0.25, 0.3) is 0 Å². The molecule has 1 fully saturated rings. The van der Waals surface area contributed by atoms with Crippen molar-refractivity contribution < 1.29 is 9.53 Å². The Morgan fingerprint density at radius 1 is 1.33 bits per heavy atom. The molecule has 0 radical (unpaired) electrons. The van der Waals surface area contributed by atoms with Gasteiger partial charge in [0.05, 0.1) is 6.10 Å². The zero-order valence-electron chi connectivity index (χ0n) is 10.9. The quantitative estimate of drug-likeness (QED) is 0.817. The van der Waals surface area contributed by atoms with E-state index in [0.717, 1.165) is 13.0 Å². The Hall–Kier alpha value is -1.15. The first-order valence-electron chi connectivity index (χ1n) is 6.99. The lowest BCUT2D eigenvalue weighted by Crippen LogP contribution is -2.23. The highest BCUT2D eigenvalue weighted by Crippen LogP contribution is 2.26. The zero-order valence-corrected chi connectivity index (χ0v) is 10.9. The van der Waals surface area contributed by atoms with Crippen molar-refractivity contribution in [3.05, 3.63) is 34.9 Å². The summed E-state index contributed by atoms with van der Waals surface area (Å²) < 4.78 is 5.48. The third-order valence-electron chi connectivity index (χ3n) is 4.33. The van der Waals surface area contributed by atoms with E-state index in [4.69, 9.17) is 4.74 Å². The third kappa shape index (κ3) is 2.22. The maximum Gasteiger partial charge on any atom is 0.142 e. The molecular formula is C16H20O2. The van der Waals surface area contributed by atoms with Gasteiger partial charge in [0.1, 0.15) is 5.78 Å². The smallest absolute Gasteiger partial charge is 0.142 e. The van der Waals surface area contributed by atoms with Crippen molar-refractivity contribution in [2.45, 2.75) is 45.1 Å². The largest absolute Gasteiger partial charge is 0.378 e. The Bertz CT molecular complexity index is 464. The average Bonchev–Trinajstić information content (AvgIpc) is 2.96. The molecule has 18 heavy (non-hydrogen) atoms. The Balaban J connectivity index is 1.71. The maximum absolute atomic E-state index is 12.2. The SMILES string of the molecule is CC1OCCC1C(=O)Cc1ccc2c(c1)CCC2. The Morgan fingerprint density at radius 3 is 2.94 bits per heavy atom. The van der Waals surface area contributed by atoms with Gasteiger partial charge >= 0.3 is 0 Å². The van der Waals surface area contributed by atoms with E-state index in [-0.39, 0.29) is 12.0 Å². The number of benzene rings is 1. The molecule has 1 saturated heterocycles. The Kier molecular flexibility index (Phi) is 3.21. The highest BCUT2D eigenvalue weighted by molar-refractivity contribution is 5.84. The van der Waals surface area contributed by atoms with Gasteiger partial charge in [-0.2, -0.15) is 0 Å². The van der Waals surface area contributed by atoms with Crippen LogP contribution in [0.3, 0.4) is 0 Å². The van der Waals surface area contributed by atoms with E-state index < -0.39 is 0 Å². The molecule has 1 aromatic rings. The predicted octanol–water partition coefficient (Wildman–Crippen LogP) is 2.71. The van der Waals surface area contributed by atoms with E-state index in [1.54, 1.807) is 0 Å². The standard InChI is InChI=1S/C16H20O2/c1-11-15(7-8-18-11)16(17)10-12-5-6-13-3-2-4-14(13)9-12/h5-6,9,11,15H,2-4,7-8,10H2,1H3. The summed E-state index contributed by atoms with van der Waals surface area (Å²) in [7, 11) is 0. The second-order valence-corrected chi connectivity index (χ2v) is 5.57. The van der Waals surface area contributed by atoms with Crippen LogP contribution in [0.2, 0.25) is 0 Å². The van der Waals surface area contributed by atoms with Crippen molar-refractivity contribution in [3.63, 3.8) is 0 Å². The lowest BCUT2D eigenvalue weighted by Gasteiger charge is -2.13. The fraction of sp³-hybridized carbons (Fsp3) is 0.562. The molecule has 96 valence electrons. The highest BCUT2D eigenvalue weighted by atomic mass is 16.5. The minimum atomic E-state index is 0.104. The normalized spacial score (nSPS) is 26.3. The monoisotopic (exact) mass is 244 g/mol. The van der Waals surface area contributed by atoms with E-state index in [2.05, 4.69) is 18.2 Å². The number of ether oxygens (including phenoxy) is 1. The molecule has 1 aromatic carbocycles. The first-order valence-corrected chi connectivity index (χ1v) is 6.99. The van der Waals surface area contributed by atoms with Gasteiger partial charge in [0, 0.05) is 18.9 Å². The molecule has 0 spiro atoms. The van der Waals surface area contributed by atoms with Crippen LogP contribution >= 0.6 is 0 Å². The highest BCUT2D eigenvalue weighted by Gasteiger charge is 2.30. The topological polar surface area (TPSA) is 26.3 Å². The first-order chi connectivity index (χ1) is 8.74. The molecule has 2 heteroatoms. The van der Waals surface area contributed by atoms with Gasteiger partial charge in [0.2, 0.25) is 0 Å². The zero-order chi connectivity index (χ0) is 12.5. The molecular weight excluding hydrogens is 224 g/mol. The van der Waals surface area contributed by atoms with E-state index in [9.17, 15) is 4.79 Å². The number of hydrogen-bond acceptors (Lipinski definition) is 2. The van der Waals surface area contributed by atoms with Crippen LogP contribution in [-0.2, 0) is 28.8 Å². The van der Waals surface area contributed by atoms with Crippen LogP contribution in [0.4, 0.5) is 0 Å². The van der Waals surface area contributed by atoms with Crippen LogP contribution in [0.15, 0.2) is 18.2 Å². The number of carbonyl (C=O) groups excluding carboxylic acids is 1. The summed E-state index contributed by atoms with van der Waals surface area (Å²) >= 11 is 0. The van der Waals surface area contributed by atoms with Gasteiger partial charge in [-0.25, -0.2) is 0 Å². The van der Waals surface area contributed by atoms with Crippen LogP contribution in [-0.4, -0.2) is 18.5 Å². The summed E-state index contributed by atoms with van der Waals surface area (Å²) in [5.74, 6) is 0.455. The average molecular weight is 244 g/mol. The molecule has 0 N–H and O–H groups in total. The van der Waals surface area contributed by atoms with Gasteiger partial charge in [-0.1, -0.05) is 18.2 Å². The summed E-state index contributed by atoms with van der Waals surface area (Å²) in [6.07, 6.45) is 5.22. The van der Waals surface area contributed by atoms with Crippen molar-refractivity contribution in [3.8, 4) is 0 Å². The van der Waals surface area contributed by atoms with E-state index >= 15 is 0 Å². The fourth-order valence-electron chi connectivity index (χ4n) is 3.22. The van der Waals surface area contributed by atoms with Crippen LogP contribution in [0.25, 0.3) is 0 Å². The van der Waals surface area contributed by atoms with Crippen molar-refractivity contribution in [1.82, 2.24) is 0 Å². The van der Waals surface area contributed by atoms with Gasteiger partial charge in [-0.05, 0) is 49.3 Å². The summed E-state index contributed by atoms with van der Waals surface area (Å²) in [4.78, 5) is 12.2. The number of aryl methyl sites for hydroxylation is 2.